The molecule has 0 fully saturated rings. The normalized spacial score (nSPS) is 13.4. The summed E-state index contributed by atoms with van der Waals surface area (Å²) in [7, 11) is -3.96. The Hall–Kier alpha value is -3.15. The van der Waals surface area contributed by atoms with Crippen LogP contribution >= 0.6 is 0 Å². The highest BCUT2D eigenvalue weighted by molar-refractivity contribution is 7.92. The van der Waals surface area contributed by atoms with Crippen molar-refractivity contribution in [2.45, 2.75) is 71.3 Å². The van der Waals surface area contributed by atoms with Crippen LogP contribution in [0, 0.1) is 5.82 Å². The van der Waals surface area contributed by atoms with Crippen LogP contribution in [0.5, 0.6) is 0 Å². The number of anilines is 1. The summed E-state index contributed by atoms with van der Waals surface area (Å²) in [4.78, 5) is 27.8. The van der Waals surface area contributed by atoms with Gasteiger partial charge in [0.1, 0.15) is 11.9 Å². The molecule has 0 unspecified atom stereocenters. The Morgan fingerprint density at radius 2 is 1.67 bits per heavy atom. The van der Waals surface area contributed by atoms with Gasteiger partial charge in [0, 0.05) is 25.6 Å². The Balaban J connectivity index is 2.26. The third kappa shape index (κ3) is 9.52. The van der Waals surface area contributed by atoms with Gasteiger partial charge in [-0.15, -0.1) is 0 Å². The second-order valence-corrected chi connectivity index (χ2v) is 11.3. The molecule has 0 spiro atoms. The quantitative estimate of drug-likeness (QED) is 0.338. The zero-order chi connectivity index (χ0) is 29.4. The standard InChI is InChI=1S/C27H35F4N3O4S/c1-5-19(3)32-26(36)24(6-2)33(18-20-12-14-22(28)15-13-20)25(35)11-8-16-34(39(4,37)38)23-10-7-9-21(17-23)27(29,30)31/h7,9-10,12-15,17,19,24H,5-6,8,11,16,18H2,1-4H3,(H,32,36)/t19-,24-/m1/s1. The van der Waals surface area contributed by atoms with Crippen molar-refractivity contribution in [2.75, 3.05) is 17.1 Å². The second-order valence-electron chi connectivity index (χ2n) is 9.38. The summed E-state index contributed by atoms with van der Waals surface area (Å²) in [5.41, 5.74) is -0.558. The van der Waals surface area contributed by atoms with E-state index in [2.05, 4.69) is 5.32 Å². The Labute approximate surface area is 227 Å². The number of nitrogens with zero attached hydrogens (tertiary/aromatic N) is 2. The van der Waals surface area contributed by atoms with Gasteiger partial charge in [-0.25, -0.2) is 12.8 Å². The van der Waals surface area contributed by atoms with Crippen LogP contribution in [0.3, 0.4) is 0 Å². The van der Waals surface area contributed by atoms with Gasteiger partial charge < -0.3 is 10.2 Å². The summed E-state index contributed by atoms with van der Waals surface area (Å²) in [6, 6.07) is 8.53. The maximum Gasteiger partial charge on any atom is 0.416 e. The first kappa shape index (κ1) is 32.1. The number of benzene rings is 2. The topological polar surface area (TPSA) is 86.8 Å². The molecule has 1 N–H and O–H groups in total. The molecular weight excluding hydrogens is 538 g/mol. The van der Waals surface area contributed by atoms with Crippen LogP contribution < -0.4 is 9.62 Å². The molecule has 0 aliphatic carbocycles. The monoisotopic (exact) mass is 573 g/mol. The number of amides is 2. The zero-order valence-corrected chi connectivity index (χ0v) is 23.3. The van der Waals surface area contributed by atoms with Crippen LogP contribution in [0.1, 0.15) is 57.6 Å². The van der Waals surface area contributed by atoms with E-state index in [0.717, 1.165) is 28.8 Å². The molecule has 0 aliphatic heterocycles. The number of alkyl halides is 3. The molecule has 0 aliphatic rings. The van der Waals surface area contributed by atoms with Gasteiger partial charge in [0.05, 0.1) is 17.5 Å². The smallest absolute Gasteiger partial charge is 0.352 e. The van der Waals surface area contributed by atoms with Gasteiger partial charge in [-0.05, 0) is 62.1 Å². The van der Waals surface area contributed by atoms with E-state index in [0.29, 0.717) is 18.4 Å². The van der Waals surface area contributed by atoms with E-state index in [1.54, 1.807) is 6.92 Å². The van der Waals surface area contributed by atoms with E-state index in [4.69, 9.17) is 0 Å². The number of carbonyl (C=O) groups is 2. The van der Waals surface area contributed by atoms with Gasteiger partial charge in [0.25, 0.3) is 0 Å². The first-order valence-corrected chi connectivity index (χ1v) is 14.5. The summed E-state index contributed by atoms with van der Waals surface area (Å²) in [5, 5.41) is 2.87. The fourth-order valence-electron chi connectivity index (χ4n) is 3.99. The molecule has 7 nitrogen and oxygen atoms in total. The van der Waals surface area contributed by atoms with Crippen molar-refractivity contribution in [1.82, 2.24) is 10.2 Å². The molecule has 12 heteroatoms. The second kappa shape index (κ2) is 13.8. The van der Waals surface area contributed by atoms with E-state index in [1.807, 2.05) is 13.8 Å². The fourth-order valence-corrected chi connectivity index (χ4v) is 4.95. The van der Waals surface area contributed by atoms with Gasteiger partial charge in [-0.1, -0.05) is 32.0 Å². The number of hydrogen-bond donors (Lipinski definition) is 1. The third-order valence-corrected chi connectivity index (χ3v) is 7.46. The van der Waals surface area contributed by atoms with Crippen molar-refractivity contribution < 1.29 is 35.6 Å². The lowest BCUT2D eigenvalue weighted by atomic mass is 10.1. The number of carbonyl (C=O) groups excluding carboxylic acids is 2. The summed E-state index contributed by atoms with van der Waals surface area (Å²) in [5.74, 6) is -1.24. The highest BCUT2D eigenvalue weighted by Gasteiger charge is 2.32. The van der Waals surface area contributed by atoms with Crippen LogP contribution in [0.4, 0.5) is 23.2 Å². The van der Waals surface area contributed by atoms with Crippen molar-refractivity contribution >= 4 is 27.5 Å². The van der Waals surface area contributed by atoms with E-state index >= 15 is 0 Å². The minimum Gasteiger partial charge on any atom is -0.352 e. The molecule has 0 heterocycles. The average molecular weight is 574 g/mol. The van der Waals surface area contributed by atoms with Crippen molar-refractivity contribution in [2.24, 2.45) is 0 Å². The van der Waals surface area contributed by atoms with Crippen LogP contribution in [0.25, 0.3) is 0 Å². The van der Waals surface area contributed by atoms with Crippen molar-refractivity contribution in [3.8, 4) is 0 Å². The first-order valence-electron chi connectivity index (χ1n) is 12.7. The molecular formula is C27H35F4N3O4S. The lowest BCUT2D eigenvalue weighted by Crippen LogP contribution is -2.50. The molecule has 0 saturated heterocycles. The molecule has 2 amide bonds. The number of halogens is 4. The average Bonchev–Trinajstić information content (AvgIpc) is 2.86. The summed E-state index contributed by atoms with van der Waals surface area (Å²) in [6.07, 6.45) is -2.96. The fraction of sp³-hybridized carbons (Fsp3) is 0.481. The molecule has 2 aromatic carbocycles. The highest BCUT2D eigenvalue weighted by atomic mass is 32.2. The molecule has 0 saturated carbocycles. The van der Waals surface area contributed by atoms with Crippen molar-refractivity contribution in [3.63, 3.8) is 0 Å². The lowest BCUT2D eigenvalue weighted by molar-refractivity contribution is -0.141. The Kier molecular flexibility index (Phi) is 11.3. The van der Waals surface area contributed by atoms with Crippen LogP contribution in [0.2, 0.25) is 0 Å². The van der Waals surface area contributed by atoms with Gasteiger partial charge in [-0.3, -0.25) is 13.9 Å². The maximum atomic E-state index is 13.4. The van der Waals surface area contributed by atoms with E-state index in [1.165, 1.54) is 35.2 Å². The Morgan fingerprint density at radius 3 is 2.21 bits per heavy atom. The highest BCUT2D eigenvalue weighted by Crippen LogP contribution is 2.32. The molecule has 2 aromatic rings. The molecule has 2 atom stereocenters. The number of rotatable bonds is 13. The summed E-state index contributed by atoms with van der Waals surface area (Å²) < 4.78 is 78.6. The van der Waals surface area contributed by atoms with Crippen LogP contribution in [-0.2, 0) is 32.3 Å². The number of hydrogen-bond acceptors (Lipinski definition) is 4. The van der Waals surface area contributed by atoms with E-state index < -0.39 is 39.5 Å². The largest absolute Gasteiger partial charge is 0.416 e. The third-order valence-electron chi connectivity index (χ3n) is 6.27. The van der Waals surface area contributed by atoms with Crippen molar-refractivity contribution in [3.05, 3.63) is 65.5 Å². The zero-order valence-electron chi connectivity index (χ0n) is 22.5. The molecule has 0 bridgehead atoms. The van der Waals surface area contributed by atoms with Gasteiger partial charge >= 0.3 is 6.18 Å². The van der Waals surface area contributed by atoms with Gasteiger partial charge in [0.2, 0.25) is 21.8 Å². The molecule has 0 radical (unpaired) electrons. The van der Waals surface area contributed by atoms with Gasteiger partial charge in [0.15, 0.2) is 0 Å². The van der Waals surface area contributed by atoms with E-state index in [-0.39, 0.29) is 43.6 Å². The Bertz CT molecular complexity index is 1220. The SMILES string of the molecule is CC[C@@H](C)NC(=O)[C@@H](CC)N(Cc1ccc(F)cc1)C(=O)CCCN(c1cccc(C(F)(F)F)c1)S(C)(=O)=O. The minimum atomic E-state index is -4.65. The molecule has 0 aromatic heterocycles. The summed E-state index contributed by atoms with van der Waals surface area (Å²) >= 11 is 0. The molecule has 39 heavy (non-hydrogen) atoms. The molecule has 216 valence electrons. The number of nitrogens with one attached hydrogen (secondary N) is 1. The van der Waals surface area contributed by atoms with Gasteiger partial charge in [-0.2, -0.15) is 13.2 Å². The Morgan fingerprint density at radius 1 is 1.03 bits per heavy atom. The van der Waals surface area contributed by atoms with E-state index in [9.17, 15) is 35.6 Å². The maximum absolute atomic E-state index is 13.4. The molecule has 2 rings (SSSR count). The van der Waals surface area contributed by atoms with Crippen LogP contribution in [0.15, 0.2) is 48.5 Å². The lowest BCUT2D eigenvalue weighted by Gasteiger charge is -2.32. The minimum absolute atomic E-state index is 0.00845. The predicted molar refractivity (Wildman–Crippen MR) is 142 cm³/mol. The summed E-state index contributed by atoms with van der Waals surface area (Å²) in [6.45, 7) is 5.28. The van der Waals surface area contributed by atoms with Crippen LogP contribution in [-0.4, -0.2) is 50.0 Å². The first-order chi connectivity index (χ1) is 18.2. The number of sulfonamides is 1. The predicted octanol–water partition coefficient (Wildman–Crippen LogP) is 5.11. The van der Waals surface area contributed by atoms with Crippen molar-refractivity contribution in [1.29, 1.82) is 0 Å².